The predicted molar refractivity (Wildman–Crippen MR) is 30.5 cm³/mol. The van der Waals surface area contributed by atoms with Crippen molar-refractivity contribution >= 4 is 29.9 Å². The van der Waals surface area contributed by atoms with E-state index >= 15 is 0 Å². The van der Waals surface area contributed by atoms with E-state index in [2.05, 4.69) is 0 Å². The van der Waals surface area contributed by atoms with E-state index in [1.807, 2.05) is 0 Å². The summed E-state index contributed by atoms with van der Waals surface area (Å²) in [7, 11) is 0. The monoisotopic (exact) mass is 216 g/mol. The summed E-state index contributed by atoms with van der Waals surface area (Å²) in [4.78, 5) is 0. The maximum absolute atomic E-state index is 1.62. The van der Waals surface area contributed by atoms with Gasteiger partial charge in [0.25, 0.3) is 0 Å². The third-order valence-electron chi connectivity index (χ3n) is 0.744. The van der Waals surface area contributed by atoms with Crippen molar-refractivity contribution in [3.63, 3.8) is 0 Å². The molecular weight excluding hydrogens is 206 g/mol. The van der Waals surface area contributed by atoms with Gasteiger partial charge in [-0.3, -0.25) is 0 Å². The van der Waals surface area contributed by atoms with Gasteiger partial charge in [-0.2, -0.15) is 0 Å². The van der Waals surface area contributed by atoms with Crippen LogP contribution in [0.4, 0.5) is 0 Å². The van der Waals surface area contributed by atoms with E-state index in [0.29, 0.717) is 0 Å². The second-order valence-electron chi connectivity index (χ2n) is 1.29. The summed E-state index contributed by atoms with van der Waals surface area (Å²) in [5.74, 6) is 0. The van der Waals surface area contributed by atoms with Gasteiger partial charge >= 0.3 is 51.2 Å². The Labute approximate surface area is 51.4 Å². The normalized spacial score (nSPS) is 24.0. The van der Waals surface area contributed by atoms with Crippen LogP contribution in [0.5, 0.6) is 0 Å². The molecule has 36 valence electrons. The molecule has 0 saturated carbocycles. The van der Waals surface area contributed by atoms with Gasteiger partial charge in [0.2, 0.25) is 0 Å². The van der Waals surface area contributed by atoms with E-state index < -0.39 is 0 Å². The fourth-order valence-corrected chi connectivity index (χ4v) is 7.42. The van der Waals surface area contributed by atoms with Crippen molar-refractivity contribution in [3.05, 3.63) is 0 Å². The van der Waals surface area contributed by atoms with Crippen LogP contribution in [-0.4, -0.2) is 29.9 Å². The Bertz CT molecular complexity index is 21.0. The van der Waals surface area contributed by atoms with Crippen LogP contribution in [0.2, 0.25) is 14.9 Å². The van der Waals surface area contributed by atoms with Crippen molar-refractivity contribution in [1.82, 2.24) is 0 Å². The van der Waals surface area contributed by atoms with Crippen molar-refractivity contribution in [3.8, 4) is 0 Å². The summed E-state index contributed by atoms with van der Waals surface area (Å²) < 4.78 is 1.62. The van der Waals surface area contributed by atoms with E-state index in [-0.39, 0.29) is 0 Å². The summed E-state index contributed by atoms with van der Waals surface area (Å²) in [6, 6.07) is 0. The first-order chi connectivity index (χ1) is 3.00. The summed E-state index contributed by atoms with van der Waals surface area (Å²) >= 11 is 2.16. The van der Waals surface area contributed by atoms with Gasteiger partial charge in [-0.25, -0.2) is 0 Å². The minimum absolute atomic E-state index is 1.08. The fraction of sp³-hybridized carbons (Fsp3) is 1.00. The molecule has 0 N–H and O–H groups in total. The van der Waals surface area contributed by atoms with Crippen molar-refractivity contribution in [2.75, 3.05) is 0 Å². The molecular formula is C4H8Se2. The van der Waals surface area contributed by atoms with Crippen molar-refractivity contribution < 1.29 is 0 Å². The summed E-state index contributed by atoms with van der Waals surface area (Å²) in [5.41, 5.74) is 0. The SMILES string of the molecule is C1C[Se]C[Se]C1. The Kier molecular flexibility index (Phi) is 2.67. The van der Waals surface area contributed by atoms with Crippen LogP contribution in [0.3, 0.4) is 0 Å². The molecule has 0 aromatic rings. The van der Waals surface area contributed by atoms with Crippen molar-refractivity contribution in [2.45, 2.75) is 21.3 Å². The van der Waals surface area contributed by atoms with Crippen LogP contribution in [0, 0.1) is 0 Å². The van der Waals surface area contributed by atoms with E-state index in [0.717, 1.165) is 29.9 Å². The maximum atomic E-state index is 1.62. The first kappa shape index (κ1) is 5.18. The second-order valence-corrected chi connectivity index (χ2v) is 7.78. The van der Waals surface area contributed by atoms with Crippen LogP contribution in [0.1, 0.15) is 6.42 Å². The summed E-state index contributed by atoms with van der Waals surface area (Å²) in [6.07, 6.45) is 1.56. The third-order valence-corrected chi connectivity index (χ3v) is 7.50. The molecule has 0 atom stereocenters. The first-order valence-corrected chi connectivity index (χ1v) is 7.00. The van der Waals surface area contributed by atoms with E-state index in [1.54, 1.807) is 21.3 Å². The van der Waals surface area contributed by atoms with E-state index in [4.69, 9.17) is 0 Å². The minimum atomic E-state index is 1.08. The van der Waals surface area contributed by atoms with Crippen molar-refractivity contribution in [2.24, 2.45) is 0 Å². The number of rotatable bonds is 0. The summed E-state index contributed by atoms with van der Waals surface area (Å²) in [6.45, 7) is 0. The Morgan fingerprint density at radius 2 is 1.67 bits per heavy atom. The van der Waals surface area contributed by atoms with E-state index in [9.17, 15) is 0 Å². The van der Waals surface area contributed by atoms with Gasteiger partial charge in [0.05, 0.1) is 0 Å². The molecule has 6 heavy (non-hydrogen) atoms. The topological polar surface area (TPSA) is 0 Å². The molecule has 1 rings (SSSR count). The van der Waals surface area contributed by atoms with Gasteiger partial charge in [0.1, 0.15) is 0 Å². The number of hydrogen-bond donors (Lipinski definition) is 0. The van der Waals surface area contributed by atoms with Gasteiger partial charge in [-0.1, -0.05) is 0 Å². The van der Waals surface area contributed by atoms with Crippen LogP contribution in [-0.2, 0) is 0 Å². The molecule has 0 unspecified atom stereocenters. The van der Waals surface area contributed by atoms with Crippen molar-refractivity contribution in [1.29, 1.82) is 0 Å². The molecule has 1 fully saturated rings. The van der Waals surface area contributed by atoms with Gasteiger partial charge in [0, 0.05) is 0 Å². The van der Waals surface area contributed by atoms with Crippen LogP contribution >= 0.6 is 0 Å². The predicted octanol–water partition coefficient (Wildman–Crippen LogP) is 1.01. The molecule has 1 heterocycles. The van der Waals surface area contributed by atoms with Gasteiger partial charge in [-0.05, 0) is 0 Å². The quantitative estimate of drug-likeness (QED) is 0.528. The average molecular weight is 214 g/mol. The van der Waals surface area contributed by atoms with Crippen LogP contribution in [0.25, 0.3) is 0 Å². The van der Waals surface area contributed by atoms with Crippen LogP contribution in [0.15, 0.2) is 0 Å². The van der Waals surface area contributed by atoms with E-state index in [1.165, 1.54) is 0 Å². The molecule has 1 aliphatic heterocycles. The third kappa shape index (κ3) is 1.66. The Balaban J connectivity index is 2.00. The zero-order valence-corrected chi connectivity index (χ0v) is 7.07. The standard InChI is InChI=1S/C4H8Se2/c1-2-5-4-6-3-1/h1-4H2. The molecule has 0 radical (unpaired) electrons. The second kappa shape index (κ2) is 3.09. The average Bonchev–Trinajstić information content (AvgIpc) is 1.72. The Morgan fingerprint density at radius 1 is 1.00 bits per heavy atom. The molecule has 0 nitrogen and oxygen atoms in total. The molecule has 0 spiro atoms. The fourth-order valence-electron chi connectivity index (χ4n) is 0.440. The molecule has 0 bridgehead atoms. The molecule has 1 aliphatic rings. The molecule has 1 saturated heterocycles. The molecule has 0 aliphatic carbocycles. The molecule has 0 aromatic carbocycles. The Hall–Kier alpha value is 1.04. The zero-order valence-electron chi connectivity index (χ0n) is 3.64. The Morgan fingerprint density at radius 3 is 1.83 bits per heavy atom. The zero-order chi connectivity index (χ0) is 4.24. The summed E-state index contributed by atoms with van der Waals surface area (Å²) in [5, 5.41) is 3.16. The van der Waals surface area contributed by atoms with Gasteiger partial charge < -0.3 is 0 Å². The van der Waals surface area contributed by atoms with Crippen LogP contribution < -0.4 is 0 Å². The first-order valence-electron chi connectivity index (χ1n) is 2.15. The van der Waals surface area contributed by atoms with Gasteiger partial charge in [0.15, 0.2) is 0 Å². The van der Waals surface area contributed by atoms with Gasteiger partial charge in [-0.15, -0.1) is 0 Å². The number of hydrogen-bond acceptors (Lipinski definition) is 0. The molecule has 0 amide bonds. The molecule has 0 aromatic heterocycles. The molecule has 2 heteroatoms.